The van der Waals surface area contributed by atoms with Crippen LogP contribution in [0.1, 0.15) is 16.7 Å². The maximum atomic E-state index is 6.13. The second kappa shape index (κ2) is 10.3. The first-order valence-electron chi connectivity index (χ1n) is 11.2. The molecular weight excluding hydrogens is 386 g/mol. The molecule has 31 heavy (non-hydrogen) atoms. The van der Waals surface area contributed by atoms with E-state index in [4.69, 9.17) is 4.74 Å². The lowest BCUT2D eigenvalue weighted by Crippen LogP contribution is -2.50. The molecule has 2 aromatic carbocycles. The summed E-state index contributed by atoms with van der Waals surface area (Å²) in [6, 6.07) is 20.0. The molecule has 0 aromatic heterocycles. The molecule has 0 bridgehead atoms. The molecule has 2 unspecified atom stereocenters. The molecule has 2 aliphatic heterocycles. The fraction of sp³-hybridized carbons (Fsp3) is 0.480. The van der Waals surface area contributed by atoms with E-state index in [-0.39, 0.29) is 6.10 Å². The van der Waals surface area contributed by atoms with Crippen LogP contribution in [0.3, 0.4) is 0 Å². The second-order valence-corrected chi connectivity index (χ2v) is 8.79. The zero-order valence-electron chi connectivity index (χ0n) is 19.0. The van der Waals surface area contributed by atoms with Crippen molar-refractivity contribution in [3.05, 3.63) is 71.3 Å². The minimum absolute atomic E-state index is 0.237. The van der Waals surface area contributed by atoms with Crippen LogP contribution in [0, 0.1) is 0 Å². The molecule has 6 nitrogen and oxygen atoms in total. The predicted molar refractivity (Wildman–Crippen MR) is 126 cm³/mol. The number of likely N-dealkylation sites (tertiary alicyclic amines) is 1. The van der Waals surface area contributed by atoms with Gasteiger partial charge in [-0.25, -0.2) is 0 Å². The lowest BCUT2D eigenvalue weighted by Gasteiger charge is -2.36. The number of benzene rings is 2. The van der Waals surface area contributed by atoms with E-state index >= 15 is 0 Å². The number of fused-ring (bicyclic) bond motifs is 1. The number of ether oxygens (including phenoxy) is 1. The molecule has 2 aromatic rings. The molecule has 2 aliphatic rings. The van der Waals surface area contributed by atoms with Gasteiger partial charge in [0.1, 0.15) is 0 Å². The van der Waals surface area contributed by atoms with Gasteiger partial charge in [-0.05, 0) is 30.8 Å². The molecule has 0 radical (unpaired) electrons. The summed E-state index contributed by atoms with van der Waals surface area (Å²) in [6.07, 6.45) is 0.237. The van der Waals surface area contributed by atoms with Crippen molar-refractivity contribution in [3.8, 4) is 0 Å². The highest BCUT2D eigenvalue weighted by atomic mass is 16.5. The third kappa shape index (κ3) is 5.64. The SMILES string of the molecule is CN=C(NCc1ccc(CN(C)C)cc1)N1CC2OCCN(Cc3ccccc3)C2C1. The molecule has 0 saturated carbocycles. The van der Waals surface area contributed by atoms with E-state index in [0.29, 0.717) is 6.04 Å². The van der Waals surface area contributed by atoms with Gasteiger partial charge in [-0.15, -0.1) is 0 Å². The van der Waals surface area contributed by atoms with Crippen LogP contribution in [0.2, 0.25) is 0 Å². The Morgan fingerprint density at radius 2 is 1.77 bits per heavy atom. The highest BCUT2D eigenvalue weighted by Gasteiger charge is 2.41. The monoisotopic (exact) mass is 421 g/mol. The Morgan fingerprint density at radius 1 is 1.03 bits per heavy atom. The standard InChI is InChI=1S/C25H35N5O/c1-26-25(27-15-20-9-11-22(12-10-20)16-28(2)3)30-18-23-24(19-30)31-14-13-29(23)17-21-7-5-4-6-8-21/h4-12,23-24H,13-19H2,1-3H3,(H,26,27). The maximum Gasteiger partial charge on any atom is 0.194 e. The van der Waals surface area contributed by atoms with Crippen molar-refractivity contribution in [2.75, 3.05) is 47.4 Å². The predicted octanol–water partition coefficient (Wildman–Crippen LogP) is 2.41. The van der Waals surface area contributed by atoms with Crippen LogP contribution in [-0.2, 0) is 24.4 Å². The van der Waals surface area contributed by atoms with E-state index in [1.165, 1.54) is 16.7 Å². The van der Waals surface area contributed by atoms with Crippen molar-refractivity contribution in [1.82, 2.24) is 20.0 Å². The minimum atomic E-state index is 0.237. The molecule has 0 amide bonds. The average molecular weight is 422 g/mol. The first kappa shape index (κ1) is 21.8. The number of guanidine groups is 1. The van der Waals surface area contributed by atoms with Crippen LogP contribution in [0.5, 0.6) is 0 Å². The van der Waals surface area contributed by atoms with Gasteiger partial charge in [0.2, 0.25) is 0 Å². The van der Waals surface area contributed by atoms with Gasteiger partial charge in [0.15, 0.2) is 5.96 Å². The highest BCUT2D eigenvalue weighted by Crippen LogP contribution is 2.24. The van der Waals surface area contributed by atoms with Crippen LogP contribution in [-0.4, -0.2) is 80.2 Å². The third-order valence-corrected chi connectivity index (χ3v) is 6.13. The Hall–Kier alpha value is -2.41. The molecule has 2 atom stereocenters. The summed E-state index contributed by atoms with van der Waals surface area (Å²) in [6.45, 7) is 6.32. The normalized spacial score (nSPS) is 22.1. The third-order valence-electron chi connectivity index (χ3n) is 6.13. The number of hydrogen-bond acceptors (Lipinski definition) is 4. The highest BCUT2D eigenvalue weighted by molar-refractivity contribution is 5.80. The Balaban J connectivity index is 1.34. The van der Waals surface area contributed by atoms with Gasteiger partial charge < -0.3 is 19.9 Å². The van der Waals surface area contributed by atoms with Gasteiger partial charge in [0, 0.05) is 46.3 Å². The zero-order chi connectivity index (χ0) is 21.6. The van der Waals surface area contributed by atoms with Gasteiger partial charge in [-0.1, -0.05) is 54.6 Å². The first-order chi connectivity index (χ1) is 15.1. The minimum Gasteiger partial charge on any atom is -0.373 e. The van der Waals surface area contributed by atoms with Crippen LogP contribution in [0.25, 0.3) is 0 Å². The number of hydrogen-bond donors (Lipinski definition) is 1. The summed E-state index contributed by atoms with van der Waals surface area (Å²) < 4.78 is 6.13. The van der Waals surface area contributed by atoms with E-state index in [9.17, 15) is 0 Å². The maximum absolute atomic E-state index is 6.13. The Labute approximate surface area is 186 Å². The number of rotatable bonds is 6. The number of nitrogens with zero attached hydrogens (tertiary/aromatic N) is 4. The van der Waals surface area contributed by atoms with Gasteiger partial charge in [0.25, 0.3) is 0 Å². The topological polar surface area (TPSA) is 43.3 Å². The summed E-state index contributed by atoms with van der Waals surface area (Å²) in [5, 5.41) is 3.55. The zero-order valence-corrected chi connectivity index (χ0v) is 19.0. The summed E-state index contributed by atoms with van der Waals surface area (Å²) >= 11 is 0. The quantitative estimate of drug-likeness (QED) is 0.573. The molecule has 2 fully saturated rings. The Morgan fingerprint density at radius 3 is 2.48 bits per heavy atom. The fourth-order valence-corrected chi connectivity index (χ4v) is 4.59. The van der Waals surface area contributed by atoms with Crippen molar-refractivity contribution in [2.24, 2.45) is 4.99 Å². The molecule has 1 N–H and O–H groups in total. The molecule has 2 saturated heterocycles. The Bertz CT molecular complexity index is 852. The first-order valence-corrected chi connectivity index (χ1v) is 11.2. The van der Waals surface area contributed by atoms with E-state index in [0.717, 1.165) is 51.8 Å². The molecule has 6 heteroatoms. The molecule has 2 heterocycles. The fourth-order valence-electron chi connectivity index (χ4n) is 4.59. The van der Waals surface area contributed by atoms with Gasteiger partial charge in [-0.2, -0.15) is 0 Å². The number of nitrogens with one attached hydrogen (secondary N) is 1. The summed E-state index contributed by atoms with van der Waals surface area (Å²) in [5.41, 5.74) is 3.96. The second-order valence-electron chi connectivity index (χ2n) is 8.79. The number of aliphatic imine (C=N–C) groups is 1. The van der Waals surface area contributed by atoms with E-state index < -0.39 is 0 Å². The van der Waals surface area contributed by atoms with Gasteiger partial charge in [-0.3, -0.25) is 9.89 Å². The molecular formula is C25H35N5O. The van der Waals surface area contributed by atoms with E-state index in [1.54, 1.807) is 0 Å². The summed E-state index contributed by atoms with van der Waals surface area (Å²) in [4.78, 5) is 11.7. The molecule has 0 spiro atoms. The van der Waals surface area contributed by atoms with Crippen molar-refractivity contribution < 1.29 is 4.74 Å². The summed E-state index contributed by atoms with van der Waals surface area (Å²) in [5.74, 6) is 0.954. The van der Waals surface area contributed by atoms with Gasteiger partial charge in [0.05, 0.1) is 18.8 Å². The van der Waals surface area contributed by atoms with Gasteiger partial charge >= 0.3 is 0 Å². The van der Waals surface area contributed by atoms with Crippen molar-refractivity contribution in [3.63, 3.8) is 0 Å². The van der Waals surface area contributed by atoms with E-state index in [2.05, 4.69) is 93.7 Å². The number of morpholine rings is 1. The van der Waals surface area contributed by atoms with Crippen molar-refractivity contribution in [1.29, 1.82) is 0 Å². The van der Waals surface area contributed by atoms with Crippen molar-refractivity contribution in [2.45, 2.75) is 31.8 Å². The largest absolute Gasteiger partial charge is 0.373 e. The summed E-state index contributed by atoms with van der Waals surface area (Å²) in [7, 11) is 6.06. The van der Waals surface area contributed by atoms with Crippen LogP contribution in [0.15, 0.2) is 59.6 Å². The van der Waals surface area contributed by atoms with Crippen molar-refractivity contribution >= 4 is 5.96 Å². The van der Waals surface area contributed by atoms with Crippen LogP contribution < -0.4 is 5.32 Å². The van der Waals surface area contributed by atoms with E-state index in [1.807, 2.05) is 7.05 Å². The lowest BCUT2D eigenvalue weighted by atomic mass is 10.1. The average Bonchev–Trinajstić information content (AvgIpc) is 3.21. The molecule has 166 valence electrons. The lowest BCUT2D eigenvalue weighted by molar-refractivity contribution is -0.0502. The Kier molecular flexibility index (Phi) is 7.22. The van der Waals surface area contributed by atoms with Crippen LogP contribution >= 0.6 is 0 Å². The smallest absolute Gasteiger partial charge is 0.194 e. The molecule has 4 rings (SSSR count). The van der Waals surface area contributed by atoms with Crippen LogP contribution in [0.4, 0.5) is 0 Å². The molecule has 0 aliphatic carbocycles.